The third-order valence-corrected chi connectivity index (χ3v) is 2.75. The van der Waals surface area contributed by atoms with Gasteiger partial charge < -0.3 is 10.3 Å². The standard InChI is InChI=1S/C14H13N3/c1-10-6-5-9-12-13(10)17-14(16-12)15-11-7-3-2-4-8-11/h2-9H,1H3,(H2,15,16,17). The number of H-pyrrole nitrogens is 1. The van der Waals surface area contributed by atoms with Crippen molar-refractivity contribution in [3.05, 3.63) is 54.1 Å². The number of benzene rings is 2. The lowest BCUT2D eigenvalue weighted by molar-refractivity contribution is 1.31. The van der Waals surface area contributed by atoms with E-state index in [4.69, 9.17) is 0 Å². The van der Waals surface area contributed by atoms with Crippen LogP contribution in [0, 0.1) is 6.92 Å². The van der Waals surface area contributed by atoms with Crippen molar-refractivity contribution in [2.45, 2.75) is 6.92 Å². The Bertz CT molecular complexity index is 641. The van der Waals surface area contributed by atoms with Crippen LogP contribution in [0.3, 0.4) is 0 Å². The zero-order valence-electron chi connectivity index (χ0n) is 9.57. The molecule has 0 saturated heterocycles. The van der Waals surface area contributed by atoms with Crippen LogP contribution in [0.1, 0.15) is 5.56 Å². The van der Waals surface area contributed by atoms with Gasteiger partial charge in [0.2, 0.25) is 5.95 Å². The third-order valence-electron chi connectivity index (χ3n) is 2.75. The van der Waals surface area contributed by atoms with Gasteiger partial charge in [0.25, 0.3) is 0 Å². The monoisotopic (exact) mass is 223 g/mol. The Morgan fingerprint density at radius 3 is 2.59 bits per heavy atom. The van der Waals surface area contributed by atoms with Gasteiger partial charge in [0.15, 0.2) is 0 Å². The van der Waals surface area contributed by atoms with Crippen molar-refractivity contribution in [1.82, 2.24) is 9.97 Å². The predicted molar refractivity (Wildman–Crippen MR) is 70.6 cm³/mol. The predicted octanol–water partition coefficient (Wildman–Crippen LogP) is 3.61. The van der Waals surface area contributed by atoms with Gasteiger partial charge in [0.1, 0.15) is 0 Å². The summed E-state index contributed by atoms with van der Waals surface area (Å²) in [6.07, 6.45) is 0. The SMILES string of the molecule is Cc1cccc2[nH]c(Nc3ccccc3)nc12. The van der Waals surface area contributed by atoms with Crippen molar-refractivity contribution in [3.8, 4) is 0 Å². The molecule has 0 fully saturated rings. The van der Waals surface area contributed by atoms with Crippen LogP contribution in [0.4, 0.5) is 11.6 Å². The molecule has 17 heavy (non-hydrogen) atoms. The molecule has 2 aromatic carbocycles. The second-order valence-electron chi connectivity index (χ2n) is 4.05. The first-order chi connectivity index (χ1) is 8.33. The molecule has 0 bridgehead atoms. The van der Waals surface area contributed by atoms with Crippen LogP contribution in [0.25, 0.3) is 11.0 Å². The second kappa shape index (κ2) is 3.94. The van der Waals surface area contributed by atoms with E-state index in [1.54, 1.807) is 0 Å². The lowest BCUT2D eigenvalue weighted by Gasteiger charge is -2.00. The fourth-order valence-electron chi connectivity index (χ4n) is 1.89. The Morgan fingerprint density at radius 1 is 1.00 bits per heavy atom. The van der Waals surface area contributed by atoms with Gasteiger partial charge in [-0.3, -0.25) is 0 Å². The van der Waals surface area contributed by atoms with E-state index in [-0.39, 0.29) is 0 Å². The molecule has 0 saturated carbocycles. The number of aryl methyl sites for hydroxylation is 1. The Labute approximate surface area is 99.5 Å². The average molecular weight is 223 g/mol. The summed E-state index contributed by atoms with van der Waals surface area (Å²) in [6, 6.07) is 16.1. The van der Waals surface area contributed by atoms with Gasteiger partial charge in [-0.25, -0.2) is 4.98 Å². The number of nitrogens with zero attached hydrogens (tertiary/aromatic N) is 1. The molecule has 3 aromatic rings. The number of imidazole rings is 1. The highest BCUT2D eigenvalue weighted by atomic mass is 15.1. The number of rotatable bonds is 2. The number of fused-ring (bicyclic) bond motifs is 1. The van der Waals surface area contributed by atoms with E-state index in [1.807, 2.05) is 42.5 Å². The van der Waals surface area contributed by atoms with Gasteiger partial charge >= 0.3 is 0 Å². The average Bonchev–Trinajstić information content (AvgIpc) is 2.74. The van der Waals surface area contributed by atoms with E-state index in [1.165, 1.54) is 5.56 Å². The molecule has 0 aliphatic carbocycles. The number of aromatic nitrogens is 2. The number of nitrogens with one attached hydrogen (secondary N) is 2. The molecular weight excluding hydrogens is 210 g/mol. The molecule has 0 radical (unpaired) electrons. The molecule has 0 unspecified atom stereocenters. The van der Waals surface area contributed by atoms with Crippen LogP contribution in [-0.4, -0.2) is 9.97 Å². The minimum absolute atomic E-state index is 0.778. The fourth-order valence-corrected chi connectivity index (χ4v) is 1.89. The van der Waals surface area contributed by atoms with E-state index >= 15 is 0 Å². The number of para-hydroxylation sites is 2. The van der Waals surface area contributed by atoms with Crippen LogP contribution < -0.4 is 5.32 Å². The van der Waals surface area contributed by atoms with Gasteiger partial charge in [0, 0.05) is 5.69 Å². The molecule has 84 valence electrons. The molecule has 2 N–H and O–H groups in total. The number of aromatic amines is 1. The topological polar surface area (TPSA) is 40.7 Å². The first-order valence-electron chi connectivity index (χ1n) is 5.60. The molecule has 3 nitrogen and oxygen atoms in total. The van der Waals surface area contributed by atoms with E-state index in [9.17, 15) is 0 Å². The molecule has 0 aliphatic heterocycles. The summed E-state index contributed by atoms with van der Waals surface area (Å²) in [5.74, 6) is 0.778. The van der Waals surface area contributed by atoms with Crippen molar-refractivity contribution in [3.63, 3.8) is 0 Å². The summed E-state index contributed by atoms with van der Waals surface area (Å²) < 4.78 is 0. The molecule has 0 amide bonds. The van der Waals surface area contributed by atoms with Gasteiger partial charge in [-0.15, -0.1) is 0 Å². The Hall–Kier alpha value is -2.29. The van der Waals surface area contributed by atoms with E-state index in [0.29, 0.717) is 0 Å². The quantitative estimate of drug-likeness (QED) is 0.696. The molecule has 3 heteroatoms. The van der Waals surface area contributed by atoms with Crippen LogP contribution in [0.5, 0.6) is 0 Å². The summed E-state index contributed by atoms with van der Waals surface area (Å²) >= 11 is 0. The van der Waals surface area contributed by atoms with Crippen molar-refractivity contribution < 1.29 is 0 Å². The van der Waals surface area contributed by atoms with Gasteiger partial charge in [-0.1, -0.05) is 30.3 Å². The normalized spacial score (nSPS) is 10.6. The summed E-state index contributed by atoms with van der Waals surface area (Å²) in [5.41, 5.74) is 4.29. The number of hydrogen-bond donors (Lipinski definition) is 2. The second-order valence-corrected chi connectivity index (χ2v) is 4.05. The van der Waals surface area contributed by atoms with Crippen LogP contribution in [-0.2, 0) is 0 Å². The first kappa shape index (κ1) is 9.90. The minimum atomic E-state index is 0.778. The Balaban J connectivity index is 1.99. The summed E-state index contributed by atoms with van der Waals surface area (Å²) in [5, 5.41) is 3.25. The van der Waals surface area contributed by atoms with Crippen molar-refractivity contribution in [1.29, 1.82) is 0 Å². The first-order valence-corrected chi connectivity index (χ1v) is 5.60. The Morgan fingerprint density at radius 2 is 1.82 bits per heavy atom. The van der Waals surface area contributed by atoms with Crippen molar-refractivity contribution >= 4 is 22.7 Å². The zero-order valence-corrected chi connectivity index (χ0v) is 9.57. The minimum Gasteiger partial charge on any atom is -0.326 e. The third kappa shape index (κ3) is 1.87. The zero-order chi connectivity index (χ0) is 11.7. The summed E-state index contributed by atoms with van der Waals surface area (Å²) in [7, 11) is 0. The highest BCUT2D eigenvalue weighted by Crippen LogP contribution is 2.20. The van der Waals surface area contributed by atoms with Crippen LogP contribution >= 0.6 is 0 Å². The molecular formula is C14H13N3. The molecule has 3 rings (SSSR count). The summed E-state index contributed by atoms with van der Waals surface area (Å²) in [6.45, 7) is 2.06. The highest BCUT2D eigenvalue weighted by Gasteiger charge is 2.04. The van der Waals surface area contributed by atoms with E-state index in [2.05, 4.69) is 28.3 Å². The smallest absolute Gasteiger partial charge is 0.205 e. The maximum atomic E-state index is 4.54. The van der Waals surface area contributed by atoms with Gasteiger partial charge in [-0.05, 0) is 30.7 Å². The van der Waals surface area contributed by atoms with Crippen LogP contribution in [0.2, 0.25) is 0 Å². The molecule has 1 aromatic heterocycles. The molecule has 1 heterocycles. The van der Waals surface area contributed by atoms with Crippen molar-refractivity contribution in [2.24, 2.45) is 0 Å². The molecule has 0 aliphatic rings. The fraction of sp³-hybridized carbons (Fsp3) is 0.0714. The molecule has 0 spiro atoms. The molecule has 0 atom stereocenters. The summed E-state index contributed by atoms with van der Waals surface area (Å²) in [4.78, 5) is 7.80. The lowest BCUT2D eigenvalue weighted by Crippen LogP contribution is -1.91. The van der Waals surface area contributed by atoms with E-state index in [0.717, 1.165) is 22.7 Å². The maximum absolute atomic E-state index is 4.54. The highest BCUT2D eigenvalue weighted by molar-refractivity contribution is 5.81. The van der Waals surface area contributed by atoms with Crippen LogP contribution in [0.15, 0.2) is 48.5 Å². The maximum Gasteiger partial charge on any atom is 0.205 e. The Kier molecular flexibility index (Phi) is 2.29. The van der Waals surface area contributed by atoms with Gasteiger partial charge in [0.05, 0.1) is 11.0 Å². The number of anilines is 2. The van der Waals surface area contributed by atoms with Gasteiger partial charge in [-0.2, -0.15) is 0 Å². The lowest BCUT2D eigenvalue weighted by atomic mass is 10.2. The number of hydrogen-bond acceptors (Lipinski definition) is 2. The largest absolute Gasteiger partial charge is 0.326 e. The van der Waals surface area contributed by atoms with E-state index < -0.39 is 0 Å². The van der Waals surface area contributed by atoms with Crippen molar-refractivity contribution in [2.75, 3.05) is 5.32 Å².